The molecule has 7 nitrogen and oxygen atoms in total. The maximum atomic E-state index is 12.8. The largest absolute Gasteiger partial charge is 0.501 e. The molecule has 1 aliphatic carbocycles. The minimum Gasteiger partial charge on any atom is -0.501 e. The predicted molar refractivity (Wildman–Crippen MR) is 114 cm³/mol. The molecule has 1 atom stereocenters. The van der Waals surface area contributed by atoms with E-state index >= 15 is 0 Å². The van der Waals surface area contributed by atoms with E-state index in [1.54, 1.807) is 17.7 Å². The fraction of sp³-hybridized carbons (Fsp3) is 0.455. The van der Waals surface area contributed by atoms with Crippen molar-refractivity contribution in [3.8, 4) is 11.8 Å². The van der Waals surface area contributed by atoms with E-state index in [2.05, 4.69) is 27.0 Å². The van der Waals surface area contributed by atoms with Gasteiger partial charge in [-0.3, -0.25) is 9.59 Å². The minimum absolute atomic E-state index is 0.0192. The molecule has 8 heteroatoms. The summed E-state index contributed by atoms with van der Waals surface area (Å²) in [5.41, 5.74) is 0.588. The highest BCUT2D eigenvalue weighted by Gasteiger charge is 2.40. The molecule has 0 saturated heterocycles. The summed E-state index contributed by atoms with van der Waals surface area (Å²) in [5.74, 6) is -0.444. The van der Waals surface area contributed by atoms with Gasteiger partial charge in [-0.15, -0.1) is 0 Å². The van der Waals surface area contributed by atoms with Gasteiger partial charge in [-0.25, -0.2) is 0 Å². The third kappa shape index (κ3) is 3.31. The lowest BCUT2D eigenvalue weighted by molar-refractivity contribution is 0.0660. The second-order valence-electron chi connectivity index (χ2n) is 8.41. The Morgan fingerprint density at radius 3 is 2.67 bits per heavy atom. The number of carbonyl (C=O) groups is 1. The SMILES string of the molecule is C[C@H]1Cn2c(CC3(c4cc(Br)cc(C#N)c4)CCCC3)nc(=O)c(O)c2C(=O)N1C. The summed E-state index contributed by atoms with van der Waals surface area (Å²) in [7, 11) is 1.67. The molecule has 0 unspecified atom stereocenters. The highest BCUT2D eigenvalue weighted by atomic mass is 79.9. The zero-order valence-corrected chi connectivity index (χ0v) is 18.6. The zero-order chi connectivity index (χ0) is 21.6. The molecule has 2 heterocycles. The van der Waals surface area contributed by atoms with Crippen LogP contribution in [0.4, 0.5) is 0 Å². The van der Waals surface area contributed by atoms with Crippen LogP contribution in [-0.4, -0.2) is 38.6 Å². The molecule has 2 aromatic rings. The van der Waals surface area contributed by atoms with E-state index in [-0.39, 0.29) is 23.1 Å². The quantitative estimate of drug-likeness (QED) is 0.742. The van der Waals surface area contributed by atoms with E-state index in [4.69, 9.17) is 0 Å². The molecule has 1 amide bonds. The van der Waals surface area contributed by atoms with E-state index in [1.807, 2.05) is 19.1 Å². The third-order valence-electron chi connectivity index (χ3n) is 6.57. The van der Waals surface area contributed by atoms with Gasteiger partial charge in [0.2, 0.25) is 5.75 Å². The smallest absolute Gasteiger partial charge is 0.315 e. The predicted octanol–water partition coefficient (Wildman–Crippen LogP) is 3.11. The molecule has 1 saturated carbocycles. The summed E-state index contributed by atoms with van der Waals surface area (Å²) in [6, 6.07) is 7.86. The number of halogens is 1. The van der Waals surface area contributed by atoms with E-state index in [0.717, 1.165) is 35.7 Å². The van der Waals surface area contributed by atoms with Gasteiger partial charge in [0.1, 0.15) is 5.82 Å². The monoisotopic (exact) mass is 470 g/mol. The van der Waals surface area contributed by atoms with Crippen LogP contribution in [0.3, 0.4) is 0 Å². The lowest BCUT2D eigenvalue weighted by Gasteiger charge is -2.36. The number of nitrogens with zero attached hydrogens (tertiary/aromatic N) is 4. The van der Waals surface area contributed by atoms with Gasteiger partial charge < -0.3 is 14.6 Å². The van der Waals surface area contributed by atoms with Crippen LogP contribution in [0.15, 0.2) is 27.5 Å². The first-order chi connectivity index (χ1) is 14.3. The van der Waals surface area contributed by atoms with Gasteiger partial charge in [0, 0.05) is 35.9 Å². The fourth-order valence-corrected chi connectivity index (χ4v) is 5.27. The van der Waals surface area contributed by atoms with Gasteiger partial charge in [-0.2, -0.15) is 10.2 Å². The molecule has 1 aromatic heterocycles. The average Bonchev–Trinajstić information content (AvgIpc) is 3.19. The number of fused-ring (bicyclic) bond motifs is 1. The first-order valence-corrected chi connectivity index (χ1v) is 10.9. The van der Waals surface area contributed by atoms with Gasteiger partial charge in [0.05, 0.1) is 11.6 Å². The molecule has 0 radical (unpaired) electrons. The Morgan fingerprint density at radius 1 is 1.30 bits per heavy atom. The Bertz CT molecular complexity index is 1130. The number of likely N-dealkylation sites (N-methyl/N-ethyl adjacent to an activating group) is 1. The number of aromatic nitrogens is 2. The van der Waals surface area contributed by atoms with E-state index in [0.29, 0.717) is 24.4 Å². The van der Waals surface area contributed by atoms with E-state index < -0.39 is 11.3 Å². The number of nitriles is 1. The maximum absolute atomic E-state index is 12.8. The molecule has 4 rings (SSSR count). The van der Waals surface area contributed by atoms with Gasteiger partial charge in [-0.1, -0.05) is 28.8 Å². The number of amides is 1. The molecule has 0 spiro atoms. The van der Waals surface area contributed by atoms with Gasteiger partial charge in [0.15, 0.2) is 5.69 Å². The van der Waals surface area contributed by atoms with Gasteiger partial charge in [0.25, 0.3) is 5.91 Å². The van der Waals surface area contributed by atoms with Gasteiger partial charge >= 0.3 is 5.56 Å². The van der Waals surface area contributed by atoms with Crippen molar-refractivity contribution in [2.45, 2.75) is 57.0 Å². The summed E-state index contributed by atoms with van der Waals surface area (Å²) in [5, 5.41) is 19.7. The number of hydrogen-bond acceptors (Lipinski definition) is 5. The normalized spacial score (nSPS) is 20.1. The zero-order valence-electron chi connectivity index (χ0n) is 17.0. The number of hydrogen-bond donors (Lipinski definition) is 1. The number of carbonyl (C=O) groups excluding carboxylic acids is 1. The average molecular weight is 471 g/mol. The Kier molecular flexibility index (Phi) is 5.18. The Morgan fingerprint density at radius 2 is 2.00 bits per heavy atom. The standard InChI is InChI=1S/C22H23BrN4O3/c1-13-12-27-17(25-20(29)19(28)18(27)21(30)26(13)2)10-22(5-3-4-6-22)15-7-14(11-24)8-16(23)9-15/h7-9,13,28H,3-6,10,12H2,1-2H3/t13-/m0/s1. The van der Waals surface area contributed by atoms with Crippen molar-refractivity contribution >= 4 is 21.8 Å². The lowest BCUT2D eigenvalue weighted by atomic mass is 9.75. The summed E-state index contributed by atoms with van der Waals surface area (Å²) in [4.78, 5) is 31.0. The van der Waals surface area contributed by atoms with Crippen LogP contribution in [0.5, 0.6) is 5.75 Å². The van der Waals surface area contributed by atoms with Crippen molar-refractivity contribution < 1.29 is 9.90 Å². The van der Waals surface area contributed by atoms with Crippen LogP contribution in [0, 0.1) is 11.3 Å². The number of aromatic hydroxyl groups is 1. The van der Waals surface area contributed by atoms with Crippen molar-refractivity contribution in [2.75, 3.05) is 7.05 Å². The minimum atomic E-state index is -0.771. The maximum Gasteiger partial charge on any atom is 0.315 e. The van der Waals surface area contributed by atoms with Crippen molar-refractivity contribution in [3.63, 3.8) is 0 Å². The van der Waals surface area contributed by atoms with Gasteiger partial charge in [-0.05, 0) is 43.5 Å². The lowest BCUT2D eigenvalue weighted by Crippen LogP contribution is -2.47. The van der Waals surface area contributed by atoms with Crippen LogP contribution >= 0.6 is 15.9 Å². The molecule has 30 heavy (non-hydrogen) atoms. The summed E-state index contributed by atoms with van der Waals surface area (Å²) < 4.78 is 2.55. The summed E-state index contributed by atoms with van der Waals surface area (Å²) in [6.07, 6.45) is 4.37. The third-order valence-corrected chi connectivity index (χ3v) is 7.02. The number of benzene rings is 1. The molecule has 1 N–H and O–H groups in total. The second kappa shape index (κ2) is 7.55. The fourth-order valence-electron chi connectivity index (χ4n) is 4.77. The van der Waals surface area contributed by atoms with Crippen LogP contribution in [-0.2, 0) is 18.4 Å². The molecule has 2 aliphatic rings. The summed E-state index contributed by atoms with van der Waals surface area (Å²) in [6.45, 7) is 2.39. The van der Waals surface area contributed by atoms with E-state index in [1.165, 1.54) is 4.90 Å². The summed E-state index contributed by atoms with van der Waals surface area (Å²) >= 11 is 3.51. The molecule has 0 bridgehead atoms. The van der Waals surface area contributed by atoms with Crippen LogP contribution in [0.25, 0.3) is 0 Å². The molecule has 156 valence electrons. The van der Waals surface area contributed by atoms with Crippen LogP contribution < -0.4 is 5.56 Å². The van der Waals surface area contributed by atoms with E-state index in [9.17, 15) is 20.0 Å². The highest BCUT2D eigenvalue weighted by molar-refractivity contribution is 9.10. The first-order valence-electron chi connectivity index (χ1n) is 10.1. The molecule has 1 aromatic carbocycles. The molecule has 1 aliphatic heterocycles. The topological polar surface area (TPSA) is 99.2 Å². The Hall–Kier alpha value is -2.66. The second-order valence-corrected chi connectivity index (χ2v) is 9.33. The molecular weight excluding hydrogens is 448 g/mol. The Labute approximate surface area is 183 Å². The Balaban J connectivity index is 1.86. The van der Waals surface area contributed by atoms with Crippen molar-refractivity contribution in [3.05, 3.63) is 55.7 Å². The number of rotatable bonds is 3. The highest BCUT2D eigenvalue weighted by Crippen LogP contribution is 2.44. The van der Waals surface area contributed by atoms with Crippen LogP contribution in [0.1, 0.15) is 60.0 Å². The molecule has 1 fully saturated rings. The van der Waals surface area contributed by atoms with Crippen molar-refractivity contribution in [2.24, 2.45) is 0 Å². The van der Waals surface area contributed by atoms with Crippen molar-refractivity contribution in [1.29, 1.82) is 5.26 Å². The van der Waals surface area contributed by atoms with Crippen LogP contribution in [0.2, 0.25) is 0 Å². The first kappa shape index (κ1) is 20.6. The molecular formula is C22H23BrN4O3. The van der Waals surface area contributed by atoms with Crippen molar-refractivity contribution in [1.82, 2.24) is 14.5 Å².